The van der Waals surface area contributed by atoms with Crippen LogP contribution in [0.15, 0.2) is 18.2 Å². The second-order valence-electron chi connectivity index (χ2n) is 3.79. The van der Waals surface area contributed by atoms with Gasteiger partial charge in [0.15, 0.2) is 0 Å². The highest BCUT2D eigenvalue weighted by atomic mass is 32.2. The lowest BCUT2D eigenvalue weighted by atomic mass is 10.4. The van der Waals surface area contributed by atoms with Crippen LogP contribution >= 0.6 is 11.8 Å². The van der Waals surface area contributed by atoms with Crippen LogP contribution < -0.4 is 16.6 Å². The molecule has 0 spiro atoms. The number of thioether (sulfide) groups is 1. The van der Waals surface area contributed by atoms with E-state index in [0.29, 0.717) is 10.6 Å². The molecule has 2 rings (SSSR count). The Labute approximate surface area is 94.0 Å². The normalized spacial score (nSPS) is 17.2. The van der Waals surface area contributed by atoms with Crippen LogP contribution in [0.25, 0.3) is 0 Å². The van der Waals surface area contributed by atoms with Crippen molar-refractivity contribution in [1.82, 2.24) is 4.98 Å². The highest BCUT2D eigenvalue weighted by Gasteiger charge is 2.41. The van der Waals surface area contributed by atoms with E-state index in [1.54, 1.807) is 0 Å². The van der Waals surface area contributed by atoms with Gasteiger partial charge in [-0.1, -0.05) is 6.07 Å². The molecule has 0 aliphatic heterocycles. The summed E-state index contributed by atoms with van der Waals surface area (Å²) in [6, 6.07) is 5.73. The largest absolute Gasteiger partial charge is 0.369 e. The number of nitrogens with zero attached hydrogens (tertiary/aromatic N) is 1. The number of nitrogens with one attached hydrogen (secondary N) is 2. The zero-order valence-corrected chi connectivity index (χ0v) is 9.60. The van der Waals surface area contributed by atoms with E-state index in [9.17, 15) is 0 Å². The van der Waals surface area contributed by atoms with Crippen LogP contribution in [0.3, 0.4) is 0 Å². The SMILES string of the molecule is CSC1(CNc2cccc(NN)n2)CC1. The molecule has 4 nitrogen and oxygen atoms in total. The maximum absolute atomic E-state index is 5.29. The summed E-state index contributed by atoms with van der Waals surface area (Å²) in [7, 11) is 0. The molecule has 15 heavy (non-hydrogen) atoms. The lowest BCUT2D eigenvalue weighted by molar-refractivity contribution is 0.940. The number of nitrogen functional groups attached to an aromatic ring is 1. The average molecular weight is 224 g/mol. The highest BCUT2D eigenvalue weighted by Crippen LogP contribution is 2.46. The lowest BCUT2D eigenvalue weighted by Crippen LogP contribution is -2.18. The summed E-state index contributed by atoms with van der Waals surface area (Å²) in [5.41, 5.74) is 2.54. The second-order valence-corrected chi connectivity index (χ2v) is 5.07. The molecule has 0 unspecified atom stereocenters. The molecule has 1 aromatic heterocycles. The molecule has 1 aliphatic carbocycles. The number of nitrogens with two attached hydrogens (primary N) is 1. The van der Waals surface area contributed by atoms with Crippen molar-refractivity contribution in [3.8, 4) is 0 Å². The molecule has 1 saturated carbocycles. The quantitative estimate of drug-likeness (QED) is 0.524. The van der Waals surface area contributed by atoms with E-state index in [0.717, 1.165) is 12.4 Å². The first-order valence-corrected chi connectivity index (χ1v) is 6.23. The number of hydrogen-bond acceptors (Lipinski definition) is 5. The van der Waals surface area contributed by atoms with Crippen LogP contribution in [-0.4, -0.2) is 22.5 Å². The van der Waals surface area contributed by atoms with Gasteiger partial charge in [-0.2, -0.15) is 11.8 Å². The van der Waals surface area contributed by atoms with E-state index in [2.05, 4.69) is 22.0 Å². The number of aromatic nitrogens is 1. The van der Waals surface area contributed by atoms with Crippen LogP contribution in [0.1, 0.15) is 12.8 Å². The fourth-order valence-electron chi connectivity index (χ4n) is 1.46. The summed E-state index contributed by atoms with van der Waals surface area (Å²) < 4.78 is 0.452. The third kappa shape index (κ3) is 2.54. The van der Waals surface area contributed by atoms with E-state index in [-0.39, 0.29) is 0 Å². The number of anilines is 2. The Bertz CT molecular complexity index is 338. The van der Waals surface area contributed by atoms with Gasteiger partial charge in [0, 0.05) is 11.3 Å². The van der Waals surface area contributed by atoms with Crippen LogP contribution in [0.2, 0.25) is 0 Å². The van der Waals surface area contributed by atoms with Gasteiger partial charge in [0.25, 0.3) is 0 Å². The summed E-state index contributed by atoms with van der Waals surface area (Å²) in [4.78, 5) is 4.30. The van der Waals surface area contributed by atoms with Gasteiger partial charge in [0.2, 0.25) is 0 Å². The van der Waals surface area contributed by atoms with Crippen molar-refractivity contribution < 1.29 is 0 Å². The summed E-state index contributed by atoms with van der Waals surface area (Å²) >= 11 is 1.94. The monoisotopic (exact) mass is 224 g/mol. The molecule has 5 heteroatoms. The third-order valence-corrected chi connectivity index (χ3v) is 4.15. The Morgan fingerprint density at radius 1 is 1.47 bits per heavy atom. The Morgan fingerprint density at radius 3 is 2.80 bits per heavy atom. The van der Waals surface area contributed by atoms with Crippen LogP contribution in [0, 0.1) is 0 Å². The molecule has 1 heterocycles. The van der Waals surface area contributed by atoms with E-state index in [1.165, 1.54) is 12.8 Å². The fourth-order valence-corrected chi connectivity index (χ4v) is 2.18. The van der Waals surface area contributed by atoms with E-state index < -0.39 is 0 Å². The molecular weight excluding hydrogens is 208 g/mol. The summed E-state index contributed by atoms with van der Waals surface area (Å²) in [6.45, 7) is 0.981. The van der Waals surface area contributed by atoms with Crippen molar-refractivity contribution in [2.24, 2.45) is 5.84 Å². The molecule has 0 saturated heterocycles. The first kappa shape index (κ1) is 10.6. The molecule has 0 amide bonds. The molecule has 4 N–H and O–H groups in total. The Morgan fingerprint density at radius 2 is 2.20 bits per heavy atom. The van der Waals surface area contributed by atoms with Crippen molar-refractivity contribution >= 4 is 23.4 Å². The van der Waals surface area contributed by atoms with Gasteiger partial charge in [-0.15, -0.1) is 0 Å². The molecule has 1 fully saturated rings. The van der Waals surface area contributed by atoms with Crippen LogP contribution in [-0.2, 0) is 0 Å². The number of hydrazine groups is 1. The highest BCUT2D eigenvalue weighted by molar-refractivity contribution is 8.00. The van der Waals surface area contributed by atoms with E-state index in [4.69, 9.17) is 5.84 Å². The van der Waals surface area contributed by atoms with E-state index in [1.807, 2.05) is 30.0 Å². The van der Waals surface area contributed by atoms with E-state index >= 15 is 0 Å². The molecule has 0 radical (unpaired) electrons. The summed E-state index contributed by atoms with van der Waals surface area (Å²) in [5.74, 6) is 6.86. The minimum atomic E-state index is 0.452. The number of hydrogen-bond donors (Lipinski definition) is 3. The number of pyridine rings is 1. The molecule has 1 aromatic rings. The molecule has 0 atom stereocenters. The van der Waals surface area contributed by atoms with Crippen molar-refractivity contribution in [1.29, 1.82) is 0 Å². The van der Waals surface area contributed by atoms with Crippen molar-refractivity contribution in [3.05, 3.63) is 18.2 Å². The van der Waals surface area contributed by atoms with Crippen molar-refractivity contribution in [3.63, 3.8) is 0 Å². The first-order valence-electron chi connectivity index (χ1n) is 5.01. The Balaban J connectivity index is 1.93. The zero-order valence-electron chi connectivity index (χ0n) is 8.79. The topological polar surface area (TPSA) is 63.0 Å². The van der Waals surface area contributed by atoms with Gasteiger partial charge in [-0.3, -0.25) is 0 Å². The van der Waals surface area contributed by atoms with Crippen molar-refractivity contribution in [2.45, 2.75) is 17.6 Å². The fraction of sp³-hybridized carbons (Fsp3) is 0.500. The third-order valence-electron chi connectivity index (χ3n) is 2.73. The Hall–Kier alpha value is -0.940. The smallest absolute Gasteiger partial charge is 0.142 e. The second kappa shape index (κ2) is 4.28. The standard InChI is InChI=1S/C10H16N4S/c1-15-10(5-6-10)7-12-8-3-2-4-9(13-8)14-11/h2-4H,5-7,11H2,1H3,(H2,12,13,14). The van der Waals surface area contributed by atoms with Crippen molar-refractivity contribution in [2.75, 3.05) is 23.5 Å². The number of rotatable bonds is 5. The predicted molar refractivity (Wildman–Crippen MR) is 66.0 cm³/mol. The first-order chi connectivity index (χ1) is 7.28. The maximum atomic E-state index is 5.29. The van der Waals surface area contributed by atoms with Crippen LogP contribution in [0.5, 0.6) is 0 Å². The molecule has 82 valence electrons. The van der Waals surface area contributed by atoms with Gasteiger partial charge in [0.05, 0.1) is 0 Å². The van der Waals surface area contributed by atoms with Gasteiger partial charge in [-0.25, -0.2) is 10.8 Å². The minimum absolute atomic E-state index is 0.452. The van der Waals surface area contributed by atoms with Gasteiger partial charge in [0.1, 0.15) is 11.6 Å². The lowest BCUT2D eigenvalue weighted by Gasteiger charge is -2.13. The van der Waals surface area contributed by atoms with Gasteiger partial charge >= 0.3 is 0 Å². The molecule has 0 aromatic carbocycles. The zero-order chi connectivity index (χ0) is 10.7. The van der Waals surface area contributed by atoms with Gasteiger partial charge < -0.3 is 10.7 Å². The molecular formula is C10H16N4S. The molecule has 0 bridgehead atoms. The predicted octanol–water partition coefficient (Wildman–Crippen LogP) is 1.67. The van der Waals surface area contributed by atoms with Crippen LogP contribution in [0.4, 0.5) is 11.6 Å². The molecule has 1 aliphatic rings. The minimum Gasteiger partial charge on any atom is -0.369 e. The summed E-state index contributed by atoms with van der Waals surface area (Å²) in [5, 5.41) is 3.35. The van der Waals surface area contributed by atoms with Gasteiger partial charge in [-0.05, 0) is 31.2 Å². The Kier molecular flexibility index (Phi) is 3.02. The average Bonchev–Trinajstić information content (AvgIpc) is 3.07. The maximum Gasteiger partial charge on any atom is 0.142 e. The summed E-state index contributed by atoms with van der Waals surface area (Å²) in [6.07, 6.45) is 4.77.